The highest BCUT2D eigenvalue weighted by molar-refractivity contribution is 7.46. The molecule has 0 fully saturated rings. The second-order valence-corrected chi connectivity index (χ2v) is 3.05. The van der Waals surface area contributed by atoms with Gasteiger partial charge in [0.05, 0.1) is 0 Å². The second-order valence-electron chi connectivity index (χ2n) is 1.88. The van der Waals surface area contributed by atoms with Gasteiger partial charge in [-0.1, -0.05) is 0 Å². The van der Waals surface area contributed by atoms with Gasteiger partial charge in [-0.05, 0) is 0 Å². The number of hydrogen-bond acceptors (Lipinski definition) is 3. The molecule has 7 nitrogen and oxygen atoms in total. The molecule has 0 unspecified atom stereocenters. The summed E-state index contributed by atoms with van der Waals surface area (Å²) in [5.41, 5.74) is 1.55. The third-order valence-corrected chi connectivity index (χ3v) is 0.987. The lowest BCUT2D eigenvalue weighted by Crippen LogP contribution is -2.33. The van der Waals surface area contributed by atoms with E-state index >= 15 is 0 Å². The van der Waals surface area contributed by atoms with E-state index in [0.29, 0.717) is 0 Å². The SMILES string of the molecule is CN(C)C(=O)NOP(=O)(O)O. The summed E-state index contributed by atoms with van der Waals surface area (Å²) in [7, 11) is -1.82. The van der Waals surface area contributed by atoms with Gasteiger partial charge in [0, 0.05) is 14.1 Å². The molecule has 66 valence electrons. The fourth-order valence-corrected chi connectivity index (χ4v) is 0.387. The van der Waals surface area contributed by atoms with Crippen LogP contribution in [-0.2, 0) is 9.19 Å². The third-order valence-electron chi connectivity index (χ3n) is 0.658. The molecule has 0 spiro atoms. The summed E-state index contributed by atoms with van der Waals surface area (Å²) in [5.74, 6) is 0. The molecule has 0 aliphatic carbocycles. The fourth-order valence-electron chi connectivity index (χ4n) is 0.190. The van der Waals surface area contributed by atoms with E-state index < -0.39 is 13.9 Å². The van der Waals surface area contributed by atoms with Gasteiger partial charge in [-0.15, -0.1) is 0 Å². The summed E-state index contributed by atoms with van der Waals surface area (Å²) < 4.78 is 13.7. The van der Waals surface area contributed by atoms with Crippen LogP contribution in [0.15, 0.2) is 0 Å². The van der Waals surface area contributed by atoms with Crippen LogP contribution in [0.4, 0.5) is 4.79 Å². The van der Waals surface area contributed by atoms with Crippen LogP contribution in [-0.4, -0.2) is 34.8 Å². The number of hydroxylamine groups is 1. The molecule has 0 bridgehead atoms. The number of urea groups is 1. The van der Waals surface area contributed by atoms with Gasteiger partial charge in [0.2, 0.25) is 0 Å². The monoisotopic (exact) mass is 184 g/mol. The maximum Gasteiger partial charge on any atom is 0.491 e. The Bertz CT molecular complexity index is 186. The van der Waals surface area contributed by atoms with Crippen molar-refractivity contribution in [2.24, 2.45) is 0 Å². The van der Waals surface area contributed by atoms with Crippen LogP contribution in [0.5, 0.6) is 0 Å². The van der Waals surface area contributed by atoms with Crippen molar-refractivity contribution in [1.29, 1.82) is 0 Å². The molecule has 11 heavy (non-hydrogen) atoms. The van der Waals surface area contributed by atoms with Crippen LogP contribution < -0.4 is 5.48 Å². The summed E-state index contributed by atoms with van der Waals surface area (Å²) in [6, 6.07) is -0.742. The van der Waals surface area contributed by atoms with E-state index in [-0.39, 0.29) is 0 Å². The van der Waals surface area contributed by atoms with Crippen molar-refractivity contribution in [2.75, 3.05) is 14.1 Å². The van der Waals surface area contributed by atoms with E-state index in [1.165, 1.54) is 14.1 Å². The molecule has 3 N–H and O–H groups in total. The van der Waals surface area contributed by atoms with E-state index in [0.717, 1.165) is 4.90 Å². The van der Waals surface area contributed by atoms with Gasteiger partial charge in [-0.3, -0.25) is 0 Å². The summed E-state index contributed by atoms with van der Waals surface area (Å²) in [4.78, 5) is 27.8. The molecular formula is C3H9N2O5P. The van der Waals surface area contributed by atoms with Crippen molar-refractivity contribution in [3.05, 3.63) is 0 Å². The van der Waals surface area contributed by atoms with Crippen molar-refractivity contribution < 1.29 is 23.8 Å². The maximum absolute atomic E-state index is 10.5. The average Bonchev–Trinajstić information content (AvgIpc) is 1.80. The standard InChI is InChI=1S/C3H9N2O5P/c1-5(2)3(6)4-10-11(7,8)9/h1-2H3,(H,4,6)(H2,7,8,9). The van der Waals surface area contributed by atoms with Gasteiger partial charge in [-0.2, -0.15) is 4.62 Å². The summed E-state index contributed by atoms with van der Waals surface area (Å²) in [5, 5.41) is 0. The molecular weight excluding hydrogens is 175 g/mol. The largest absolute Gasteiger partial charge is 0.491 e. The van der Waals surface area contributed by atoms with Crippen LogP contribution in [0.3, 0.4) is 0 Å². The Morgan fingerprint density at radius 1 is 1.55 bits per heavy atom. The number of carbonyl (C=O) groups is 1. The molecule has 0 atom stereocenters. The minimum Gasteiger partial charge on any atom is -0.329 e. The molecule has 0 rings (SSSR count). The topological polar surface area (TPSA) is 99.1 Å². The number of hydrogen-bond donors (Lipinski definition) is 3. The van der Waals surface area contributed by atoms with Crippen LogP contribution in [0.2, 0.25) is 0 Å². The van der Waals surface area contributed by atoms with Crippen molar-refractivity contribution in [3.8, 4) is 0 Å². The molecule has 2 amide bonds. The number of rotatable bonds is 2. The lowest BCUT2D eigenvalue weighted by atomic mass is 10.9. The molecule has 8 heteroatoms. The first-order valence-electron chi connectivity index (χ1n) is 2.54. The zero-order valence-electron chi connectivity index (χ0n) is 6.01. The minimum atomic E-state index is -4.62. The molecule has 0 aromatic carbocycles. The Morgan fingerprint density at radius 2 is 2.00 bits per heavy atom. The van der Waals surface area contributed by atoms with E-state index in [1.807, 2.05) is 0 Å². The molecule has 0 saturated carbocycles. The van der Waals surface area contributed by atoms with Gasteiger partial charge in [-0.25, -0.2) is 14.8 Å². The summed E-state index contributed by atoms with van der Waals surface area (Å²) in [6.07, 6.45) is 0. The van der Waals surface area contributed by atoms with Crippen molar-refractivity contribution in [2.45, 2.75) is 0 Å². The highest BCUT2D eigenvalue weighted by Crippen LogP contribution is 2.33. The van der Waals surface area contributed by atoms with Crippen molar-refractivity contribution >= 4 is 13.9 Å². The molecule has 0 aliphatic heterocycles. The van der Waals surface area contributed by atoms with E-state index in [2.05, 4.69) is 4.62 Å². The predicted molar refractivity (Wildman–Crippen MR) is 35.3 cm³/mol. The first-order chi connectivity index (χ1) is 4.83. The zero-order chi connectivity index (χ0) is 9.07. The van der Waals surface area contributed by atoms with Gasteiger partial charge in [0.25, 0.3) is 0 Å². The van der Waals surface area contributed by atoms with E-state index in [1.54, 1.807) is 5.48 Å². The highest BCUT2D eigenvalue weighted by Gasteiger charge is 2.16. The molecule has 0 aliphatic rings. The van der Waals surface area contributed by atoms with Crippen LogP contribution >= 0.6 is 7.82 Å². The minimum absolute atomic E-state index is 0.742. The number of nitrogens with one attached hydrogen (secondary N) is 1. The molecule has 0 aromatic heterocycles. The zero-order valence-corrected chi connectivity index (χ0v) is 6.91. The Labute approximate surface area is 63.1 Å². The van der Waals surface area contributed by atoms with Crippen LogP contribution in [0.25, 0.3) is 0 Å². The molecule has 0 aromatic rings. The fraction of sp³-hybridized carbons (Fsp3) is 0.667. The summed E-state index contributed by atoms with van der Waals surface area (Å²) in [6.45, 7) is 0. The maximum atomic E-state index is 10.5. The smallest absolute Gasteiger partial charge is 0.329 e. The first kappa shape index (κ1) is 10.4. The lowest BCUT2D eigenvalue weighted by molar-refractivity contribution is 0.119. The Balaban J connectivity index is 3.73. The lowest BCUT2D eigenvalue weighted by Gasteiger charge is -2.11. The first-order valence-corrected chi connectivity index (χ1v) is 4.07. The Morgan fingerprint density at radius 3 is 2.27 bits per heavy atom. The van der Waals surface area contributed by atoms with Gasteiger partial charge in [0.15, 0.2) is 0 Å². The van der Waals surface area contributed by atoms with Gasteiger partial charge < -0.3 is 14.7 Å². The van der Waals surface area contributed by atoms with E-state index in [9.17, 15) is 9.36 Å². The van der Waals surface area contributed by atoms with E-state index in [4.69, 9.17) is 9.79 Å². The number of phosphoric acid groups is 1. The third kappa shape index (κ3) is 5.81. The van der Waals surface area contributed by atoms with Gasteiger partial charge in [0.1, 0.15) is 0 Å². The predicted octanol–water partition coefficient (Wildman–Crippen LogP) is -0.718. The van der Waals surface area contributed by atoms with Gasteiger partial charge >= 0.3 is 13.9 Å². The molecule has 0 radical (unpaired) electrons. The highest BCUT2D eigenvalue weighted by atomic mass is 31.2. The normalized spacial score (nSPS) is 10.9. The number of amides is 2. The van der Waals surface area contributed by atoms with Crippen molar-refractivity contribution in [1.82, 2.24) is 10.4 Å². The molecule has 0 saturated heterocycles. The second kappa shape index (κ2) is 3.68. The number of nitrogens with zero attached hydrogens (tertiary/aromatic N) is 1. The van der Waals surface area contributed by atoms with Crippen LogP contribution in [0, 0.1) is 0 Å². The molecule has 0 heterocycles. The van der Waals surface area contributed by atoms with Crippen LogP contribution in [0.1, 0.15) is 0 Å². The number of carbonyl (C=O) groups excluding carboxylic acids is 1. The quantitative estimate of drug-likeness (QED) is 0.388. The summed E-state index contributed by atoms with van der Waals surface area (Å²) >= 11 is 0. The Hall–Kier alpha value is -0.620. The average molecular weight is 184 g/mol. The Kier molecular flexibility index (Phi) is 3.47. The van der Waals surface area contributed by atoms with Crippen molar-refractivity contribution in [3.63, 3.8) is 0 Å².